The van der Waals surface area contributed by atoms with E-state index in [1.165, 1.54) is 31.4 Å². The predicted octanol–water partition coefficient (Wildman–Crippen LogP) is 3.55. The minimum atomic E-state index is -4.64. The van der Waals surface area contributed by atoms with Crippen molar-refractivity contribution in [2.75, 3.05) is 18.5 Å². The number of azo groups is 1. The molecule has 154 valence electrons. The molecule has 7 nitrogen and oxygen atoms in total. The third-order valence-electron chi connectivity index (χ3n) is 4.73. The van der Waals surface area contributed by atoms with Crippen molar-refractivity contribution in [1.82, 2.24) is 10.3 Å². The van der Waals surface area contributed by atoms with Crippen molar-refractivity contribution in [1.29, 1.82) is 0 Å². The third-order valence-corrected chi connectivity index (χ3v) is 4.73. The van der Waals surface area contributed by atoms with Gasteiger partial charge < -0.3 is 5.32 Å². The molecule has 0 saturated carbocycles. The van der Waals surface area contributed by atoms with E-state index in [9.17, 15) is 27.2 Å². The lowest BCUT2D eigenvalue weighted by atomic mass is 9.93. The van der Waals surface area contributed by atoms with E-state index in [0.29, 0.717) is 16.0 Å². The number of hydrogen-bond donors (Lipinski definition) is 1. The highest BCUT2D eigenvalue weighted by Crippen LogP contribution is 2.44. The predicted molar refractivity (Wildman–Crippen MR) is 97.1 cm³/mol. The number of amides is 2. The van der Waals surface area contributed by atoms with Gasteiger partial charge in [0, 0.05) is 24.4 Å². The quantitative estimate of drug-likeness (QED) is 0.772. The first-order valence-corrected chi connectivity index (χ1v) is 8.70. The summed E-state index contributed by atoms with van der Waals surface area (Å²) in [5, 5.41) is 9.87. The maximum Gasteiger partial charge on any atom is 0.406 e. The van der Waals surface area contributed by atoms with Crippen LogP contribution < -0.4 is 10.2 Å². The van der Waals surface area contributed by atoms with Crippen LogP contribution in [0.15, 0.2) is 52.5 Å². The average molecular weight is 419 g/mol. The second-order valence-electron chi connectivity index (χ2n) is 6.63. The van der Waals surface area contributed by atoms with Crippen LogP contribution in [-0.4, -0.2) is 36.6 Å². The van der Waals surface area contributed by atoms with Gasteiger partial charge in [0.2, 0.25) is 0 Å². The molecule has 1 aromatic heterocycles. The molecule has 11 heteroatoms. The van der Waals surface area contributed by atoms with Crippen molar-refractivity contribution in [3.05, 3.63) is 59.2 Å². The Hall–Kier alpha value is -3.63. The summed E-state index contributed by atoms with van der Waals surface area (Å²) in [5.74, 6) is -2.27. The van der Waals surface area contributed by atoms with Gasteiger partial charge in [-0.3, -0.25) is 19.5 Å². The van der Waals surface area contributed by atoms with E-state index in [-0.39, 0.29) is 22.5 Å². The lowest BCUT2D eigenvalue weighted by molar-refractivity contribution is -0.130. The Labute approximate surface area is 167 Å². The van der Waals surface area contributed by atoms with Gasteiger partial charge in [-0.15, -0.1) is 0 Å². The number of pyridine rings is 1. The molecule has 1 unspecified atom stereocenters. The molecule has 4 rings (SSSR count). The summed E-state index contributed by atoms with van der Waals surface area (Å²) in [6, 6.07) is 4.11. The van der Waals surface area contributed by atoms with Gasteiger partial charge in [-0.2, -0.15) is 23.4 Å². The fourth-order valence-corrected chi connectivity index (χ4v) is 3.35. The molecule has 2 aliphatic heterocycles. The zero-order valence-corrected chi connectivity index (χ0v) is 15.4. The van der Waals surface area contributed by atoms with Crippen LogP contribution in [0.3, 0.4) is 0 Å². The molecule has 1 atom stereocenters. The largest absolute Gasteiger partial charge is 0.406 e. The number of alkyl halides is 3. The number of halogens is 4. The highest BCUT2D eigenvalue weighted by Gasteiger charge is 2.43. The SMILES string of the molecule is CNC(=O)c1cc(-c2cc3c(cn2)C2N=NC=C2C(=O)N3CC(F)(F)F)ccc1F. The Bertz CT molecular complexity index is 1130. The van der Waals surface area contributed by atoms with E-state index in [1.807, 2.05) is 0 Å². The highest BCUT2D eigenvalue weighted by atomic mass is 19.4. The normalized spacial score (nSPS) is 17.5. The molecule has 0 saturated heterocycles. The van der Waals surface area contributed by atoms with Crippen molar-refractivity contribution in [2.24, 2.45) is 10.2 Å². The number of carbonyl (C=O) groups excluding carboxylic acids is 2. The molecule has 0 spiro atoms. The second kappa shape index (κ2) is 7.01. The molecule has 30 heavy (non-hydrogen) atoms. The minimum Gasteiger partial charge on any atom is -0.355 e. The van der Waals surface area contributed by atoms with Crippen molar-refractivity contribution in [2.45, 2.75) is 12.2 Å². The van der Waals surface area contributed by atoms with Crippen LogP contribution >= 0.6 is 0 Å². The zero-order valence-electron chi connectivity index (χ0n) is 15.4. The van der Waals surface area contributed by atoms with Crippen molar-refractivity contribution in [3.63, 3.8) is 0 Å². The van der Waals surface area contributed by atoms with Crippen molar-refractivity contribution >= 4 is 17.5 Å². The van der Waals surface area contributed by atoms with Gasteiger partial charge >= 0.3 is 6.18 Å². The molecular weight excluding hydrogens is 406 g/mol. The number of benzene rings is 1. The zero-order chi connectivity index (χ0) is 21.6. The number of carbonyl (C=O) groups is 2. The minimum absolute atomic E-state index is 0.0175. The Morgan fingerprint density at radius 1 is 1.27 bits per heavy atom. The Morgan fingerprint density at radius 2 is 2.03 bits per heavy atom. The van der Waals surface area contributed by atoms with Gasteiger partial charge in [0.1, 0.15) is 18.4 Å². The number of aromatic nitrogens is 1. The summed E-state index contributed by atoms with van der Waals surface area (Å²) >= 11 is 0. The summed E-state index contributed by atoms with van der Waals surface area (Å²) in [5.41, 5.74) is 0.533. The second-order valence-corrected chi connectivity index (χ2v) is 6.63. The summed E-state index contributed by atoms with van der Waals surface area (Å²) in [7, 11) is 1.34. The highest BCUT2D eigenvalue weighted by molar-refractivity contribution is 6.10. The molecule has 2 aliphatic rings. The van der Waals surface area contributed by atoms with Gasteiger partial charge in [-0.05, 0) is 24.3 Å². The number of nitrogens with zero attached hydrogens (tertiary/aromatic N) is 4. The van der Waals surface area contributed by atoms with Crippen LogP contribution in [0.2, 0.25) is 0 Å². The van der Waals surface area contributed by atoms with Crippen LogP contribution in [-0.2, 0) is 4.79 Å². The monoisotopic (exact) mass is 419 g/mol. The van der Waals surface area contributed by atoms with Crippen LogP contribution in [0.1, 0.15) is 22.0 Å². The maximum atomic E-state index is 14.0. The van der Waals surface area contributed by atoms with Crippen LogP contribution in [0, 0.1) is 5.82 Å². The molecule has 0 bridgehead atoms. The number of anilines is 1. The number of rotatable bonds is 3. The number of fused-ring (bicyclic) bond motifs is 3. The molecular formula is C19H13F4N5O2. The summed E-state index contributed by atoms with van der Waals surface area (Å²) in [6.07, 6.45) is -2.19. The smallest absolute Gasteiger partial charge is 0.355 e. The molecule has 1 N–H and O–H groups in total. The molecule has 0 radical (unpaired) electrons. The third kappa shape index (κ3) is 3.31. The van der Waals surface area contributed by atoms with Crippen molar-refractivity contribution < 1.29 is 27.2 Å². The maximum absolute atomic E-state index is 14.0. The Kier molecular flexibility index (Phi) is 4.60. The van der Waals surface area contributed by atoms with Gasteiger partial charge in [-0.1, -0.05) is 0 Å². The van der Waals surface area contributed by atoms with Crippen molar-refractivity contribution in [3.8, 4) is 11.3 Å². The van der Waals surface area contributed by atoms with Gasteiger partial charge in [0.25, 0.3) is 11.8 Å². The molecule has 0 aliphatic carbocycles. The molecule has 2 amide bonds. The van der Waals surface area contributed by atoms with E-state index >= 15 is 0 Å². The van der Waals surface area contributed by atoms with Gasteiger partial charge in [0.05, 0.1) is 28.7 Å². The van der Waals surface area contributed by atoms with E-state index in [1.54, 1.807) is 0 Å². The molecule has 1 aromatic carbocycles. The van der Waals surface area contributed by atoms with Gasteiger partial charge in [0.15, 0.2) is 0 Å². The average Bonchev–Trinajstić information content (AvgIpc) is 3.20. The Balaban J connectivity index is 1.84. The Morgan fingerprint density at radius 3 is 2.73 bits per heavy atom. The summed E-state index contributed by atoms with van der Waals surface area (Å²) in [6.45, 7) is -1.50. The summed E-state index contributed by atoms with van der Waals surface area (Å²) < 4.78 is 53.4. The van der Waals surface area contributed by atoms with Crippen LogP contribution in [0.4, 0.5) is 23.2 Å². The first kappa shape index (κ1) is 19.7. The first-order chi connectivity index (χ1) is 14.2. The fraction of sp³-hybridized carbons (Fsp3) is 0.211. The molecule has 2 aromatic rings. The van der Waals surface area contributed by atoms with Gasteiger partial charge in [-0.25, -0.2) is 4.39 Å². The molecule has 0 fully saturated rings. The lowest BCUT2D eigenvalue weighted by Crippen LogP contribution is -2.43. The van der Waals surface area contributed by atoms with Crippen LogP contribution in [0.5, 0.6) is 0 Å². The lowest BCUT2D eigenvalue weighted by Gasteiger charge is -2.32. The van der Waals surface area contributed by atoms with E-state index < -0.39 is 36.4 Å². The molecule has 3 heterocycles. The topological polar surface area (TPSA) is 87.0 Å². The van der Waals surface area contributed by atoms with E-state index in [2.05, 4.69) is 20.5 Å². The first-order valence-electron chi connectivity index (χ1n) is 8.70. The van der Waals surface area contributed by atoms with E-state index in [4.69, 9.17) is 0 Å². The number of hydrogen-bond acceptors (Lipinski definition) is 5. The summed E-state index contributed by atoms with van der Waals surface area (Å²) in [4.78, 5) is 29.3. The van der Waals surface area contributed by atoms with Crippen LogP contribution in [0.25, 0.3) is 11.3 Å². The fourth-order valence-electron chi connectivity index (χ4n) is 3.35. The standard InChI is InChI=1S/C19H13F4N5O2/c1-24-17(29)10-4-9(2-3-13(10)20)14-5-15-11(6-25-14)16-12(7-26-27-16)18(30)28(15)8-19(21,22)23/h2-7,16H,8H2,1H3,(H,24,29). The van der Waals surface area contributed by atoms with E-state index in [0.717, 1.165) is 12.3 Å². The number of nitrogens with one attached hydrogen (secondary N) is 1.